The Morgan fingerprint density at radius 2 is 1.76 bits per heavy atom. The summed E-state index contributed by atoms with van der Waals surface area (Å²) in [5.74, 6) is -0.563. The molecule has 4 atom stereocenters. The normalized spacial score (nSPS) is 21.7. The minimum absolute atomic E-state index is 0.00310. The highest BCUT2D eigenvalue weighted by atomic mass is 35.5. The number of aliphatic hydroxyl groups is 2. The van der Waals surface area contributed by atoms with Gasteiger partial charge in [0.1, 0.15) is 11.5 Å². The van der Waals surface area contributed by atoms with Gasteiger partial charge in [-0.2, -0.15) is 13.2 Å². The molecule has 9 rings (SSSR count). The lowest BCUT2D eigenvalue weighted by molar-refractivity contribution is -0.137. The summed E-state index contributed by atoms with van der Waals surface area (Å²) in [5.41, 5.74) is -0.375. The Kier molecular flexibility index (Phi) is 12.8. The van der Waals surface area contributed by atoms with E-state index >= 15 is 0 Å². The molecule has 3 aliphatic carbocycles. The molecule has 2 bridgehead atoms. The molecular formula is C51H49ClF3NO6S. The van der Waals surface area contributed by atoms with Crippen LogP contribution in [-0.2, 0) is 19.0 Å². The van der Waals surface area contributed by atoms with Crippen molar-refractivity contribution in [2.45, 2.75) is 89.0 Å². The predicted molar refractivity (Wildman–Crippen MR) is 241 cm³/mol. The number of rotatable bonds is 9. The Morgan fingerprint density at radius 3 is 2.54 bits per heavy atom. The molecule has 2 heterocycles. The number of benzene rings is 4. The van der Waals surface area contributed by atoms with Crippen LogP contribution in [0.3, 0.4) is 0 Å². The number of ketones is 1. The van der Waals surface area contributed by atoms with Gasteiger partial charge >= 0.3 is 12.3 Å². The van der Waals surface area contributed by atoms with Crippen molar-refractivity contribution in [1.82, 2.24) is 4.90 Å². The van der Waals surface area contributed by atoms with Gasteiger partial charge in [-0.3, -0.25) is 4.79 Å². The summed E-state index contributed by atoms with van der Waals surface area (Å²) in [7, 11) is 0. The van der Waals surface area contributed by atoms with Gasteiger partial charge in [0, 0.05) is 28.0 Å². The molecule has 7 nitrogen and oxygen atoms in total. The van der Waals surface area contributed by atoms with Crippen LogP contribution in [0.2, 0.25) is 5.02 Å². The number of alkyl halides is 3. The number of carbonyl (C=O) groups excluding carboxylic acids is 2. The SMILES string of the molecule is CC1=CCCC2(C)C(CCC2(O)CN(CCc2cccs2)C(=O)Oc2ccc3ccccc3c2)c2ccc(cc2C(=O)c2ccc(-c3cc(C(F)(F)F)ccc3Cl)o2)CC(O)CC1. The molecular weight excluding hydrogens is 847 g/mol. The molecule has 0 radical (unpaired) electrons. The molecule has 0 spiro atoms. The maximum Gasteiger partial charge on any atom is 0.416 e. The van der Waals surface area contributed by atoms with Crippen LogP contribution in [0, 0.1) is 5.41 Å². The lowest BCUT2D eigenvalue weighted by atomic mass is 9.64. The van der Waals surface area contributed by atoms with E-state index in [1.54, 1.807) is 28.4 Å². The first kappa shape index (κ1) is 44.4. The monoisotopic (exact) mass is 895 g/mol. The van der Waals surface area contributed by atoms with Crippen molar-refractivity contribution in [3.63, 3.8) is 0 Å². The Morgan fingerprint density at radius 1 is 0.952 bits per heavy atom. The van der Waals surface area contributed by atoms with E-state index in [0.717, 1.165) is 45.0 Å². The van der Waals surface area contributed by atoms with Gasteiger partial charge in [0.25, 0.3) is 0 Å². The van der Waals surface area contributed by atoms with Crippen LogP contribution >= 0.6 is 22.9 Å². The first-order valence-corrected chi connectivity index (χ1v) is 22.5. The summed E-state index contributed by atoms with van der Waals surface area (Å²) in [4.78, 5) is 31.7. The van der Waals surface area contributed by atoms with Gasteiger partial charge in [-0.05, 0) is 146 Å². The number of amides is 1. The average Bonchev–Trinajstić information content (AvgIpc) is 4.02. The number of ether oxygens (including phenoxy) is 1. The summed E-state index contributed by atoms with van der Waals surface area (Å²) in [6.07, 6.45) is 0.249. The van der Waals surface area contributed by atoms with E-state index < -0.39 is 40.7 Å². The highest BCUT2D eigenvalue weighted by Gasteiger charge is 2.58. The number of hydrogen-bond donors (Lipinski definition) is 2. The summed E-state index contributed by atoms with van der Waals surface area (Å²) in [6, 6.07) is 28.7. The summed E-state index contributed by atoms with van der Waals surface area (Å²) >= 11 is 7.96. The smallest absolute Gasteiger partial charge is 0.416 e. The molecule has 1 fully saturated rings. The third-order valence-electron chi connectivity index (χ3n) is 13.2. The number of thiophene rings is 1. The van der Waals surface area contributed by atoms with Gasteiger partial charge < -0.3 is 24.3 Å². The van der Waals surface area contributed by atoms with Gasteiger partial charge in [-0.25, -0.2) is 4.79 Å². The van der Waals surface area contributed by atoms with Crippen LogP contribution < -0.4 is 4.74 Å². The van der Waals surface area contributed by atoms with Gasteiger partial charge in [-0.15, -0.1) is 11.3 Å². The van der Waals surface area contributed by atoms with Crippen molar-refractivity contribution < 1.29 is 42.1 Å². The van der Waals surface area contributed by atoms with Crippen molar-refractivity contribution in [1.29, 1.82) is 0 Å². The van der Waals surface area contributed by atoms with Crippen molar-refractivity contribution in [3.05, 3.63) is 158 Å². The fourth-order valence-corrected chi connectivity index (χ4v) is 10.4. The maximum absolute atomic E-state index is 14.7. The van der Waals surface area contributed by atoms with E-state index in [1.807, 2.05) is 79.9 Å². The average molecular weight is 896 g/mol. The zero-order valence-electron chi connectivity index (χ0n) is 35.1. The van der Waals surface area contributed by atoms with E-state index in [9.17, 15) is 33.0 Å². The Labute approximate surface area is 373 Å². The molecule has 3 aliphatic rings. The van der Waals surface area contributed by atoms with E-state index in [0.29, 0.717) is 74.8 Å². The molecule has 2 aromatic heterocycles. The number of furan rings is 1. The maximum atomic E-state index is 14.7. The van der Waals surface area contributed by atoms with Crippen molar-refractivity contribution in [3.8, 4) is 17.1 Å². The van der Waals surface area contributed by atoms with Gasteiger partial charge in [0.05, 0.1) is 28.8 Å². The Bertz CT molecular complexity index is 2660. The molecule has 6 aromatic rings. The van der Waals surface area contributed by atoms with Crippen LogP contribution in [0.1, 0.15) is 96.0 Å². The lowest BCUT2D eigenvalue weighted by Gasteiger charge is -2.46. The molecule has 328 valence electrons. The number of aliphatic hydroxyl groups excluding tert-OH is 1. The first-order valence-electron chi connectivity index (χ1n) is 21.3. The zero-order chi connectivity index (χ0) is 44.5. The standard InChI is InChI=1S/C51H49ClF3NO6S/c1-32-7-5-23-49(2)43(21-24-50(49,60)31-56(25-22-39-10-6-26-63-39)48(59)61-38-16-13-34-8-3-4-9-35(34)29-38)40-17-12-33(27-37(57)15-11-32)28-41(40)47(58)46-20-19-45(62-46)42-30-36(51(53,54)55)14-18-44(42)52/h3-4,6-10,12-14,16-20,26,28-30,37,43,57,60H,5,11,15,21-25,27,31H2,1-2H3. The zero-order valence-corrected chi connectivity index (χ0v) is 36.7. The van der Waals surface area contributed by atoms with E-state index in [1.165, 1.54) is 12.1 Å². The largest absolute Gasteiger partial charge is 0.453 e. The second-order valence-electron chi connectivity index (χ2n) is 17.3. The number of halogens is 4. The topological polar surface area (TPSA) is 100 Å². The fraction of sp³-hybridized carbons (Fsp3) is 0.333. The van der Waals surface area contributed by atoms with Crippen molar-refractivity contribution in [2.24, 2.45) is 5.41 Å². The van der Waals surface area contributed by atoms with Crippen molar-refractivity contribution >= 4 is 45.6 Å². The minimum atomic E-state index is -4.62. The van der Waals surface area contributed by atoms with Crippen LogP contribution in [0.15, 0.2) is 125 Å². The van der Waals surface area contributed by atoms with E-state index in [4.69, 9.17) is 20.8 Å². The number of fused-ring (bicyclic) bond motifs is 9. The van der Waals surface area contributed by atoms with Crippen molar-refractivity contribution in [2.75, 3.05) is 13.1 Å². The molecule has 0 aliphatic heterocycles. The summed E-state index contributed by atoms with van der Waals surface area (Å²) in [5, 5.41) is 28.2. The Balaban J connectivity index is 1.16. The van der Waals surface area contributed by atoms with Crippen LogP contribution in [0.25, 0.3) is 22.1 Å². The molecule has 0 saturated heterocycles. The molecule has 1 saturated carbocycles. The fourth-order valence-electron chi connectivity index (χ4n) is 9.47. The number of allylic oxidation sites excluding steroid dienone is 2. The quantitative estimate of drug-likeness (QED) is 0.111. The van der Waals surface area contributed by atoms with Gasteiger partial charge in [0.2, 0.25) is 5.78 Å². The van der Waals surface area contributed by atoms with E-state index in [-0.39, 0.29) is 34.6 Å². The molecule has 4 unspecified atom stereocenters. The molecule has 2 N–H and O–H groups in total. The predicted octanol–water partition coefficient (Wildman–Crippen LogP) is 12.8. The third kappa shape index (κ3) is 9.53. The highest BCUT2D eigenvalue weighted by molar-refractivity contribution is 7.09. The van der Waals surface area contributed by atoms with Crippen LogP contribution in [-0.4, -0.2) is 51.8 Å². The molecule has 63 heavy (non-hydrogen) atoms. The molecule has 1 amide bonds. The third-order valence-corrected chi connectivity index (χ3v) is 14.4. The van der Waals surface area contributed by atoms with Gasteiger partial charge in [0.15, 0.2) is 5.76 Å². The van der Waals surface area contributed by atoms with Gasteiger partial charge in [-0.1, -0.05) is 78.7 Å². The minimum Gasteiger partial charge on any atom is -0.453 e. The lowest BCUT2D eigenvalue weighted by Crippen LogP contribution is -2.54. The second kappa shape index (κ2) is 18.1. The number of nitrogens with zero attached hydrogens (tertiary/aromatic N) is 1. The first-order chi connectivity index (χ1) is 30.1. The van der Waals surface area contributed by atoms with E-state index in [2.05, 4.69) is 6.08 Å². The summed E-state index contributed by atoms with van der Waals surface area (Å²) < 4.78 is 53.1. The second-order valence-corrected chi connectivity index (χ2v) is 18.7. The van der Waals surface area contributed by atoms with Crippen LogP contribution in [0.4, 0.5) is 18.0 Å². The number of carbonyl (C=O) groups is 2. The van der Waals surface area contributed by atoms with Crippen LogP contribution in [0.5, 0.6) is 5.75 Å². The summed E-state index contributed by atoms with van der Waals surface area (Å²) in [6.45, 7) is 4.36. The molecule has 4 aromatic carbocycles. The number of hydrogen-bond acceptors (Lipinski definition) is 7. The molecule has 12 heteroatoms. The Hall–Kier alpha value is -5.20. The highest BCUT2D eigenvalue weighted by Crippen LogP contribution is 2.59.